The van der Waals surface area contributed by atoms with E-state index < -0.39 is 0 Å². The third-order valence-corrected chi connectivity index (χ3v) is 3.95. The Morgan fingerprint density at radius 1 is 1.44 bits per heavy atom. The summed E-state index contributed by atoms with van der Waals surface area (Å²) < 4.78 is 1.07. The first-order chi connectivity index (χ1) is 7.49. The third kappa shape index (κ3) is 4.49. The molecule has 0 spiro atoms. The first-order valence-corrected chi connectivity index (χ1v) is 6.84. The summed E-state index contributed by atoms with van der Waals surface area (Å²) in [6.45, 7) is 6.19. The number of rotatable bonds is 4. The summed E-state index contributed by atoms with van der Waals surface area (Å²) >= 11 is 4.99. The smallest absolute Gasteiger partial charge is 0.244 e. The van der Waals surface area contributed by atoms with Gasteiger partial charge < -0.3 is 5.32 Å². The summed E-state index contributed by atoms with van der Waals surface area (Å²) in [7, 11) is 0. The lowest BCUT2D eigenvalue weighted by Gasteiger charge is -2.15. The molecule has 0 bridgehead atoms. The molecule has 1 aromatic rings. The lowest BCUT2D eigenvalue weighted by Crippen LogP contribution is -2.34. The zero-order valence-corrected chi connectivity index (χ0v) is 12.1. The first kappa shape index (κ1) is 13.5. The van der Waals surface area contributed by atoms with Crippen molar-refractivity contribution in [1.29, 1.82) is 0 Å². The number of carbonyl (C=O) groups excluding carboxylic acids is 1. The maximum Gasteiger partial charge on any atom is 0.244 e. The molecule has 16 heavy (non-hydrogen) atoms. The predicted molar refractivity (Wildman–Crippen MR) is 73.5 cm³/mol. The minimum Gasteiger partial charge on any atom is -0.350 e. The molecule has 0 aliphatic rings. The molecule has 88 valence electrons. The fourth-order valence-corrected chi connectivity index (χ4v) is 2.34. The van der Waals surface area contributed by atoms with Crippen LogP contribution in [0.3, 0.4) is 0 Å². The van der Waals surface area contributed by atoms with Crippen LogP contribution >= 0.6 is 27.3 Å². The average Bonchev–Trinajstić information content (AvgIpc) is 2.61. The van der Waals surface area contributed by atoms with Crippen LogP contribution in [0.1, 0.15) is 25.6 Å². The Labute approximate surface area is 109 Å². The molecule has 1 amide bonds. The van der Waals surface area contributed by atoms with Gasteiger partial charge in [-0.3, -0.25) is 4.79 Å². The predicted octanol–water partition coefficient (Wildman–Crippen LogP) is 3.68. The highest BCUT2D eigenvalue weighted by Crippen LogP contribution is 2.22. The number of thiophene rings is 1. The second-order valence-corrected chi connectivity index (χ2v) is 6.51. The van der Waals surface area contributed by atoms with Crippen molar-refractivity contribution in [3.8, 4) is 0 Å². The van der Waals surface area contributed by atoms with E-state index in [9.17, 15) is 4.79 Å². The zero-order valence-electron chi connectivity index (χ0n) is 9.66. The summed E-state index contributed by atoms with van der Waals surface area (Å²) in [5.74, 6) is 0.416. The van der Waals surface area contributed by atoms with Gasteiger partial charge in [0.1, 0.15) is 0 Å². The molecule has 0 saturated carbocycles. The molecule has 0 aliphatic carbocycles. The van der Waals surface area contributed by atoms with E-state index in [0.717, 1.165) is 8.66 Å². The molecule has 0 aliphatic heterocycles. The second-order valence-electron chi connectivity index (χ2n) is 4.02. The third-order valence-electron chi connectivity index (χ3n) is 2.36. The summed E-state index contributed by atoms with van der Waals surface area (Å²) in [5, 5.41) is 2.92. The van der Waals surface area contributed by atoms with Crippen molar-refractivity contribution in [2.45, 2.75) is 26.8 Å². The van der Waals surface area contributed by atoms with E-state index in [2.05, 4.69) is 35.1 Å². The molecular formula is C12H16BrNOS. The molecule has 0 saturated heterocycles. The molecule has 1 N–H and O–H groups in total. The van der Waals surface area contributed by atoms with Gasteiger partial charge in [-0.1, -0.05) is 13.8 Å². The summed E-state index contributed by atoms with van der Waals surface area (Å²) in [6.07, 6.45) is 3.41. The Kier molecular flexibility index (Phi) is 5.22. The highest BCUT2D eigenvalue weighted by molar-refractivity contribution is 9.11. The zero-order chi connectivity index (χ0) is 12.1. The molecule has 0 aromatic carbocycles. The number of halogens is 1. The molecule has 1 aromatic heterocycles. The van der Waals surface area contributed by atoms with Gasteiger partial charge in [-0.05, 0) is 47.0 Å². The van der Waals surface area contributed by atoms with E-state index in [0.29, 0.717) is 5.92 Å². The van der Waals surface area contributed by atoms with Gasteiger partial charge >= 0.3 is 0 Å². The number of hydrogen-bond donors (Lipinski definition) is 1. The lowest BCUT2D eigenvalue weighted by atomic mass is 10.1. The Hall–Kier alpha value is -0.610. The molecule has 1 atom stereocenters. The number of amides is 1. The normalized spacial score (nSPS) is 13.3. The first-order valence-electron chi connectivity index (χ1n) is 5.23. The van der Waals surface area contributed by atoms with Crippen molar-refractivity contribution in [2.24, 2.45) is 5.92 Å². The van der Waals surface area contributed by atoms with Crippen molar-refractivity contribution in [3.63, 3.8) is 0 Å². The van der Waals surface area contributed by atoms with E-state index in [1.807, 2.05) is 25.1 Å². The fourth-order valence-electron chi connectivity index (χ4n) is 1.01. The second kappa shape index (κ2) is 6.21. The number of nitrogens with one attached hydrogen (secondary N) is 1. The van der Waals surface area contributed by atoms with Crippen molar-refractivity contribution in [1.82, 2.24) is 5.32 Å². The largest absolute Gasteiger partial charge is 0.350 e. The maximum absolute atomic E-state index is 11.5. The van der Waals surface area contributed by atoms with E-state index in [1.54, 1.807) is 17.4 Å². The van der Waals surface area contributed by atoms with Gasteiger partial charge in [0, 0.05) is 17.0 Å². The van der Waals surface area contributed by atoms with Crippen LogP contribution in [0.15, 0.2) is 22.0 Å². The van der Waals surface area contributed by atoms with Crippen LogP contribution in [-0.2, 0) is 4.79 Å². The summed E-state index contributed by atoms with van der Waals surface area (Å²) in [6, 6.07) is 4.15. The van der Waals surface area contributed by atoms with Gasteiger partial charge in [0.05, 0.1) is 3.79 Å². The fraction of sp³-hybridized carbons (Fsp3) is 0.417. The van der Waals surface area contributed by atoms with Crippen molar-refractivity contribution in [2.75, 3.05) is 0 Å². The topological polar surface area (TPSA) is 29.1 Å². The van der Waals surface area contributed by atoms with Crippen LogP contribution < -0.4 is 5.32 Å². The van der Waals surface area contributed by atoms with E-state index in [-0.39, 0.29) is 11.9 Å². The Bertz CT molecular complexity index is 384. The Morgan fingerprint density at radius 3 is 2.62 bits per heavy atom. The van der Waals surface area contributed by atoms with Gasteiger partial charge in [-0.25, -0.2) is 0 Å². The Balaban J connectivity index is 2.48. The molecule has 1 rings (SSSR count). The summed E-state index contributed by atoms with van der Waals surface area (Å²) in [4.78, 5) is 12.6. The SMILES string of the molecule is CC(C)C(C)NC(=O)/C=C/c1ccc(Br)s1. The molecule has 0 fully saturated rings. The van der Waals surface area contributed by atoms with Crippen molar-refractivity contribution >= 4 is 39.2 Å². The van der Waals surface area contributed by atoms with E-state index in [4.69, 9.17) is 0 Å². The van der Waals surface area contributed by atoms with E-state index in [1.165, 1.54) is 0 Å². The minimum absolute atomic E-state index is 0.0364. The van der Waals surface area contributed by atoms with Crippen LogP contribution in [0.4, 0.5) is 0 Å². The highest BCUT2D eigenvalue weighted by atomic mass is 79.9. The van der Waals surface area contributed by atoms with Crippen LogP contribution in [0.25, 0.3) is 6.08 Å². The van der Waals surface area contributed by atoms with Gasteiger partial charge in [0.25, 0.3) is 0 Å². The quantitative estimate of drug-likeness (QED) is 0.845. The Morgan fingerprint density at radius 2 is 2.12 bits per heavy atom. The van der Waals surface area contributed by atoms with Crippen molar-refractivity contribution < 1.29 is 4.79 Å². The van der Waals surface area contributed by atoms with Gasteiger partial charge in [-0.15, -0.1) is 11.3 Å². The minimum atomic E-state index is -0.0364. The molecule has 1 unspecified atom stereocenters. The van der Waals surface area contributed by atoms with Gasteiger partial charge in [0.2, 0.25) is 5.91 Å². The van der Waals surface area contributed by atoms with Crippen LogP contribution in [-0.4, -0.2) is 11.9 Å². The number of carbonyl (C=O) groups is 1. The van der Waals surface area contributed by atoms with Crippen LogP contribution in [0, 0.1) is 5.92 Å². The van der Waals surface area contributed by atoms with Crippen LogP contribution in [0.2, 0.25) is 0 Å². The van der Waals surface area contributed by atoms with Crippen LogP contribution in [0.5, 0.6) is 0 Å². The van der Waals surface area contributed by atoms with Gasteiger partial charge in [0.15, 0.2) is 0 Å². The maximum atomic E-state index is 11.5. The summed E-state index contributed by atoms with van der Waals surface area (Å²) in [5.41, 5.74) is 0. The van der Waals surface area contributed by atoms with Crippen molar-refractivity contribution in [3.05, 3.63) is 26.9 Å². The molecule has 0 radical (unpaired) electrons. The van der Waals surface area contributed by atoms with E-state index >= 15 is 0 Å². The lowest BCUT2D eigenvalue weighted by molar-refractivity contribution is -0.117. The standard InChI is InChI=1S/C12H16BrNOS/c1-8(2)9(3)14-12(15)7-5-10-4-6-11(13)16-10/h4-9H,1-3H3,(H,14,15)/b7-5+. The highest BCUT2D eigenvalue weighted by Gasteiger charge is 2.08. The van der Waals surface area contributed by atoms with Gasteiger partial charge in [-0.2, -0.15) is 0 Å². The molecule has 1 heterocycles. The molecular weight excluding hydrogens is 286 g/mol. The molecule has 4 heteroatoms. The number of hydrogen-bond acceptors (Lipinski definition) is 2. The molecule has 2 nitrogen and oxygen atoms in total. The average molecular weight is 302 g/mol. The monoisotopic (exact) mass is 301 g/mol.